The molecular formula is C19H21NO6. The Bertz CT molecular complexity index is 803. The number of para-hydroxylation sites is 1. The SMILES string of the molecule is COc1ccccc1CCC(=O)Nc1cc(OC)c(OC)cc1C(=O)O. The van der Waals surface area contributed by atoms with Crippen LogP contribution in [0.4, 0.5) is 5.69 Å². The van der Waals surface area contributed by atoms with Gasteiger partial charge in [-0.25, -0.2) is 4.79 Å². The summed E-state index contributed by atoms with van der Waals surface area (Å²) >= 11 is 0. The van der Waals surface area contributed by atoms with E-state index in [2.05, 4.69) is 5.32 Å². The van der Waals surface area contributed by atoms with Crippen molar-refractivity contribution in [3.63, 3.8) is 0 Å². The molecule has 2 rings (SSSR count). The lowest BCUT2D eigenvalue weighted by molar-refractivity contribution is -0.116. The molecule has 0 aromatic heterocycles. The summed E-state index contributed by atoms with van der Waals surface area (Å²) in [7, 11) is 4.42. The molecule has 2 aromatic carbocycles. The third-order valence-corrected chi connectivity index (χ3v) is 3.84. The zero-order valence-corrected chi connectivity index (χ0v) is 14.9. The number of anilines is 1. The number of methoxy groups -OCH3 is 3. The lowest BCUT2D eigenvalue weighted by atomic mass is 10.1. The van der Waals surface area contributed by atoms with Gasteiger partial charge in [0.15, 0.2) is 11.5 Å². The highest BCUT2D eigenvalue weighted by atomic mass is 16.5. The third kappa shape index (κ3) is 4.44. The predicted molar refractivity (Wildman–Crippen MR) is 96.5 cm³/mol. The monoisotopic (exact) mass is 359 g/mol. The number of hydrogen-bond donors (Lipinski definition) is 2. The molecule has 0 saturated carbocycles. The first-order valence-electron chi connectivity index (χ1n) is 7.91. The summed E-state index contributed by atoms with van der Waals surface area (Å²) in [5.41, 5.74) is 0.976. The average molecular weight is 359 g/mol. The van der Waals surface area contributed by atoms with E-state index in [0.717, 1.165) is 5.56 Å². The Morgan fingerprint density at radius 3 is 2.19 bits per heavy atom. The summed E-state index contributed by atoms with van der Waals surface area (Å²) in [4.78, 5) is 23.8. The minimum absolute atomic E-state index is 0.0757. The Labute approximate surface area is 151 Å². The Morgan fingerprint density at radius 1 is 0.962 bits per heavy atom. The number of carbonyl (C=O) groups excluding carboxylic acids is 1. The predicted octanol–water partition coefficient (Wildman–Crippen LogP) is 2.98. The number of nitrogens with one attached hydrogen (secondary N) is 1. The number of carboxylic acids is 1. The number of ether oxygens (including phenoxy) is 3. The molecule has 2 N–H and O–H groups in total. The fourth-order valence-corrected chi connectivity index (χ4v) is 2.53. The van der Waals surface area contributed by atoms with Crippen molar-refractivity contribution in [3.05, 3.63) is 47.5 Å². The van der Waals surface area contributed by atoms with E-state index in [1.165, 1.54) is 26.4 Å². The molecule has 138 valence electrons. The molecule has 0 unspecified atom stereocenters. The van der Waals surface area contributed by atoms with Gasteiger partial charge in [0.1, 0.15) is 5.75 Å². The van der Waals surface area contributed by atoms with E-state index >= 15 is 0 Å². The summed E-state index contributed by atoms with van der Waals surface area (Å²) in [6.45, 7) is 0. The zero-order chi connectivity index (χ0) is 19.1. The van der Waals surface area contributed by atoms with Crippen molar-refractivity contribution in [2.24, 2.45) is 0 Å². The van der Waals surface area contributed by atoms with Crippen LogP contribution in [0.5, 0.6) is 17.2 Å². The molecule has 26 heavy (non-hydrogen) atoms. The first-order valence-corrected chi connectivity index (χ1v) is 7.91. The molecule has 0 radical (unpaired) electrons. The Hall–Kier alpha value is -3.22. The van der Waals surface area contributed by atoms with Gasteiger partial charge in [-0.3, -0.25) is 4.79 Å². The number of hydrogen-bond acceptors (Lipinski definition) is 5. The summed E-state index contributed by atoms with van der Waals surface area (Å²) in [6, 6.07) is 10.2. The number of aryl methyl sites for hydroxylation is 1. The molecule has 0 fully saturated rings. The van der Waals surface area contributed by atoms with Crippen molar-refractivity contribution in [1.82, 2.24) is 0 Å². The van der Waals surface area contributed by atoms with Crippen molar-refractivity contribution >= 4 is 17.6 Å². The van der Waals surface area contributed by atoms with Gasteiger partial charge in [-0.15, -0.1) is 0 Å². The molecule has 0 aliphatic rings. The highest BCUT2D eigenvalue weighted by molar-refractivity contribution is 6.01. The largest absolute Gasteiger partial charge is 0.496 e. The minimum atomic E-state index is -1.18. The first-order chi connectivity index (χ1) is 12.5. The van der Waals surface area contributed by atoms with Gasteiger partial charge >= 0.3 is 5.97 Å². The Balaban J connectivity index is 2.16. The molecular weight excluding hydrogens is 338 g/mol. The van der Waals surface area contributed by atoms with E-state index in [0.29, 0.717) is 17.9 Å². The van der Waals surface area contributed by atoms with Gasteiger partial charge in [0.25, 0.3) is 0 Å². The molecule has 0 heterocycles. The van der Waals surface area contributed by atoms with Crippen LogP contribution in [0.3, 0.4) is 0 Å². The van der Waals surface area contributed by atoms with Crippen LogP contribution in [0, 0.1) is 0 Å². The van der Waals surface area contributed by atoms with Crippen molar-refractivity contribution in [2.75, 3.05) is 26.6 Å². The number of benzene rings is 2. The minimum Gasteiger partial charge on any atom is -0.496 e. The molecule has 0 aliphatic carbocycles. The van der Waals surface area contributed by atoms with Crippen molar-refractivity contribution in [3.8, 4) is 17.2 Å². The van der Waals surface area contributed by atoms with Gasteiger partial charge in [-0.05, 0) is 18.1 Å². The third-order valence-electron chi connectivity index (χ3n) is 3.84. The van der Waals surface area contributed by atoms with E-state index in [-0.39, 0.29) is 29.3 Å². The second kappa shape index (κ2) is 8.75. The Kier molecular flexibility index (Phi) is 6.43. The fourth-order valence-electron chi connectivity index (χ4n) is 2.53. The van der Waals surface area contributed by atoms with Crippen LogP contribution in [-0.4, -0.2) is 38.3 Å². The molecule has 0 spiro atoms. The maximum Gasteiger partial charge on any atom is 0.337 e. The normalized spacial score (nSPS) is 10.1. The maximum absolute atomic E-state index is 12.3. The van der Waals surface area contributed by atoms with Crippen LogP contribution in [0.2, 0.25) is 0 Å². The van der Waals surface area contributed by atoms with Gasteiger partial charge < -0.3 is 24.6 Å². The van der Waals surface area contributed by atoms with Crippen LogP contribution < -0.4 is 19.5 Å². The maximum atomic E-state index is 12.3. The number of carbonyl (C=O) groups is 2. The molecule has 7 heteroatoms. The van der Waals surface area contributed by atoms with E-state index in [1.54, 1.807) is 7.11 Å². The number of rotatable bonds is 8. The van der Waals surface area contributed by atoms with E-state index < -0.39 is 5.97 Å². The van der Waals surface area contributed by atoms with Crippen LogP contribution in [0.1, 0.15) is 22.3 Å². The Morgan fingerprint density at radius 2 is 1.58 bits per heavy atom. The first kappa shape index (κ1) is 19.1. The highest BCUT2D eigenvalue weighted by Gasteiger charge is 2.18. The highest BCUT2D eigenvalue weighted by Crippen LogP contribution is 2.33. The van der Waals surface area contributed by atoms with Crippen molar-refractivity contribution in [2.45, 2.75) is 12.8 Å². The van der Waals surface area contributed by atoms with Crippen LogP contribution in [-0.2, 0) is 11.2 Å². The molecule has 0 saturated heterocycles. The van der Waals surface area contributed by atoms with Crippen molar-refractivity contribution < 1.29 is 28.9 Å². The van der Waals surface area contributed by atoms with Crippen LogP contribution >= 0.6 is 0 Å². The topological polar surface area (TPSA) is 94.1 Å². The zero-order valence-electron chi connectivity index (χ0n) is 14.9. The second-order valence-electron chi connectivity index (χ2n) is 5.42. The van der Waals surface area contributed by atoms with Gasteiger partial charge in [-0.2, -0.15) is 0 Å². The summed E-state index contributed by atoms with van der Waals surface area (Å²) in [5.74, 6) is -0.177. The summed E-state index contributed by atoms with van der Waals surface area (Å²) in [6.07, 6.45) is 0.638. The summed E-state index contributed by atoms with van der Waals surface area (Å²) < 4.78 is 15.5. The van der Waals surface area contributed by atoms with E-state index in [9.17, 15) is 14.7 Å². The summed E-state index contributed by atoms with van der Waals surface area (Å²) in [5, 5.41) is 12.0. The van der Waals surface area contributed by atoms with E-state index in [1.807, 2.05) is 24.3 Å². The quantitative estimate of drug-likeness (QED) is 0.752. The van der Waals surface area contributed by atoms with Gasteiger partial charge in [0, 0.05) is 18.6 Å². The van der Waals surface area contributed by atoms with Gasteiger partial charge in [-0.1, -0.05) is 18.2 Å². The average Bonchev–Trinajstić information content (AvgIpc) is 2.65. The molecule has 1 amide bonds. The second-order valence-corrected chi connectivity index (χ2v) is 5.42. The molecule has 2 aromatic rings. The number of carboxylic acid groups (broad SMARTS) is 1. The van der Waals surface area contributed by atoms with E-state index in [4.69, 9.17) is 14.2 Å². The smallest absolute Gasteiger partial charge is 0.337 e. The molecule has 7 nitrogen and oxygen atoms in total. The van der Waals surface area contributed by atoms with Crippen LogP contribution in [0.15, 0.2) is 36.4 Å². The molecule has 0 bridgehead atoms. The number of amides is 1. The standard InChI is InChI=1S/C19H21NO6/c1-24-15-7-5-4-6-12(15)8-9-18(21)20-14-11-17(26-3)16(25-2)10-13(14)19(22)23/h4-7,10-11H,8-9H2,1-3H3,(H,20,21)(H,22,23). The van der Waals surface area contributed by atoms with Gasteiger partial charge in [0.2, 0.25) is 5.91 Å². The van der Waals surface area contributed by atoms with Crippen molar-refractivity contribution in [1.29, 1.82) is 0 Å². The number of aromatic carboxylic acids is 1. The van der Waals surface area contributed by atoms with Gasteiger partial charge in [0.05, 0.1) is 32.6 Å². The lowest BCUT2D eigenvalue weighted by Crippen LogP contribution is -2.15. The lowest BCUT2D eigenvalue weighted by Gasteiger charge is -2.14. The molecule has 0 atom stereocenters. The molecule has 0 aliphatic heterocycles. The fraction of sp³-hybridized carbons (Fsp3) is 0.263. The van der Waals surface area contributed by atoms with Crippen LogP contribution in [0.25, 0.3) is 0 Å².